The van der Waals surface area contributed by atoms with Gasteiger partial charge in [0, 0.05) is 11.8 Å². The molecule has 0 bridgehead atoms. The first kappa shape index (κ1) is 12.5. The molecule has 0 aliphatic carbocycles. The highest BCUT2D eigenvalue weighted by Gasteiger charge is 2.16. The summed E-state index contributed by atoms with van der Waals surface area (Å²) in [4.78, 5) is 11.7. The molecule has 0 aliphatic rings. The zero-order chi connectivity index (χ0) is 13.3. The molecule has 2 rings (SSSR count). The van der Waals surface area contributed by atoms with Crippen LogP contribution in [0.5, 0.6) is 0 Å². The van der Waals surface area contributed by atoms with E-state index in [0.29, 0.717) is 0 Å². The SMILES string of the molecule is Cc1cc(NC(=O)c2cc(F)c(Cl)cc2F)n[nH]1. The third-order valence-corrected chi connectivity index (χ3v) is 2.49. The topological polar surface area (TPSA) is 57.8 Å². The molecule has 2 aromatic rings. The van der Waals surface area contributed by atoms with Crippen molar-refractivity contribution < 1.29 is 13.6 Å². The van der Waals surface area contributed by atoms with E-state index in [2.05, 4.69) is 15.5 Å². The zero-order valence-electron chi connectivity index (χ0n) is 9.22. The number of rotatable bonds is 2. The minimum Gasteiger partial charge on any atom is -0.305 e. The van der Waals surface area contributed by atoms with E-state index in [9.17, 15) is 13.6 Å². The summed E-state index contributed by atoms with van der Waals surface area (Å²) in [5.74, 6) is -2.32. The van der Waals surface area contributed by atoms with Gasteiger partial charge in [-0.15, -0.1) is 0 Å². The van der Waals surface area contributed by atoms with Gasteiger partial charge >= 0.3 is 0 Å². The molecule has 0 radical (unpaired) electrons. The van der Waals surface area contributed by atoms with E-state index in [0.717, 1.165) is 17.8 Å². The minimum absolute atomic E-state index is 0.229. The first-order valence-corrected chi connectivity index (χ1v) is 5.33. The molecule has 0 aliphatic heterocycles. The van der Waals surface area contributed by atoms with Crippen LogP contribution in [0.2, 0.25) is 5.02 Å². The predicted molar refractivity (Wildman–Crippen MR) is 62.6 cm³/mol. The molecule has 94 valence electrons. The highest BCUT2D eigenvalue weighted by atomic mass is 35.5. The molecular formula is C11H8ClF2N3O. The number of hydrogen-bond acceptors (Lipinski definition) is 2. The van der Waals surface area contributed by atoms with Crippen LogP contribution in [0.25, 0.3) is 0 Å². The average molecular weight is 272 g/mol. The maximum absolute atomic E-state index is 13.4. The highest BCUT2D eigenvalue weighted by molar-refractivity contribution is 6.30. The Morgan fingerprint density at radius 2 is 2.06 bits per heavy atom. The Morgan fingerprint density at radius 1 is 1.33 bits per heavy atom. The Kier molecular flexibility index (Phi) is 3.29. The van der Waals surface area contributed by atoms with E-state index in [1.54, 1.807) is 13.0 Å². The van der Waals surface area contributed by atoms with Crippen LogP contribution < -0.4 is 5.32 Å². The van der Waals surface area contributed by atoms with Crippen molar-refractivity contribution in [2.75, 3.05) is 5.32 Å². The maximum Gasteiger partial charge on any atom is 0.259 e. The average Bonchev–Trinajstić information content (AvgIpc) is 2.69. The molecular weight excluding hydrogens is 264 g/mol. The number of hydrogen-bond donors (Lipinski definition) is 2. The van der Waals surface area contributed by atoms with Crippen molar-refractivity contribution >= 4 is 23.3 Å². The summed E-state index contributed by atoms with van der Waals surface area (Å²) in [6, 6.07) is 3.05. The van der Waals surface area contributed by atoms with Crippen LogP contribution in [0, 0.1) is 18.6 Å². The van der Waals surface area contributed by atoms with Crippen LogP contribution in [0.1, 0.15) is 16.1 Å². The largest absolute Gasteiger partial charge is 0.305 e. The first-order valence-electron chi connectivity index (χ1n) is 4.95. The van der Waals surface area contributed by atoms with Crippen LogP contribution in [-0.2, 0) is 0 Å². The van der Waals surface area contributed by atoms with E-state index in [-0.39, 0.29) is 10.8 Å². The van der Waals surface area contributed by atoms with E-state index in [1.165, 1.54) is 0 Å². The van der Waals surface area contributed by atoms with Crippen molar-refractivity contribution in [1.29, 1.82) is 0 Å². The van der Waals surface area contributed by atoms with Crippen molar-refractivity contribution in [1.82, 2.24) is 10.2 Å². The summed E-state index contributed by atoms with van der Waals surface area (Å²) in [6.45, 7) is 1.74. The van der Waals surface area contributed by atoms with Gasteiger partial charge in [-0.2, -0.15) is 5.10 Å². The highest BCUT2D eigenvalue weighted by Crippen LogP contribution is 2.20. The number of aromatic amines is 1. The van der Waals surface area contributed by atoms with Gasteiger partial charge in [0.2, 0.25) is 0 Å². The van der Waals surface area contributed by atoms with Gasteiger partial charge in [-0.1, -0.05) is 11.6 Å². The fourth-order valence-corrected chi connectivity index (χ4v) is 1.51. The number of carbonyl (C=O) groups excluding carboxylic acids is 1. The van der Waals surface area contributed by atoms with Gasteiger partial charge in [0.15, 0.2) is 5.82 Å². The van der Waals surface area contributed by atoms with Crippen molar-refractivity contribution in [3.8, 4) is 0 Å². The van der Waals surface area contributed by atoms with Crippen LogP contribution >= 0.6 is 11.6 Å². The van der Waals surface area contributed by atoms with Crippen LogP contribution in [-0.4, -0.2) is 16.1 Å². The Labute approximate surface area is 106 Å². The number of anilines is 1. The fourth-order valence-electron chi connectivity index (χ4n) is 1.36. The van der Waals surface area contributed by atoms with Gasteiger partial charge in [0.1, 0.15) is 11.6 Å². The first-order chi connectivity index (χ1) is 8.47. The monoisotopic (exact) mass is 271 g/mol. The number of halogens is 3. The molecule has 18 heavy (non-hydrogen) atoms. The number of aryl methyl sites for hydroxylation is 1. The normalized spacial score (nSPS) is 10.4. The molecule has 2 N–H and O–H groups in total. The van der Waals surface area contributed by atoms with Crippen molar-refractivity contribution in [2.45, 2.75) is 6.92 Å². The lowest BCUT2D eigenvalue weighted by molar-refractivity contribution is 0.102. The van der Waals surface area contributed by atoms with Gasteiger partial charge in [-0.3, -0.25) is 9.89 Å². The minimum atomic E-state index is -0.897. The fraction of sp³-hybridized carbons (Fsp3) is 0.0909. The lowest BCUT2D eigenvalue weighted by Gasteiger charge is -2.04. The van der Waals surface area contributed by atoms with E-state index in [4.69, 9.17) is 11.6 Å². The summed E-state index contributed by atoms with van der Waals surface area (Å²) in [5.41, 5.74) is 0.297. The predicted octanol–water partition coefficient (Wildman–Crippen LogP) is 2.90. The number of carbonyl (C=O) groups is 1. The van der Waals surface area contributed by atoms with Gasteiger partial charge in [-0.05, 0) is 19.1 Å². The molecule has 0 unspecified atom stereocenters. The second-order valence-corrected chi connectivity index (χ2v) is 4.04. The third-order valence-electron chi connectivity index (χ3n) is 2.20. The van der Waals surface area contributed by atoms with Gasteiger partial charge in [-0.25, -0.2) is 8.78 Å². The molecule has 4 nitrogen and oxygen atoms in total. The summed E-state index contributed by atoms with van der Waals surface area (Å²) in [5, 5.41) is 8.32. The zero-order valence-corrected chi connectivity index (χ0v) is 9.98. The Balaban J connectivity index is 2.26. The molecule has 0 spiro atoms. The number of benzene rings is 1. The molecule has 0 fully saturated rings. The summed E-state index contributed by atoms with van der Waals surface area (Å²) >= 11 is 5.39. The van der Waals surface area contributed by atoms with E-state index < -0.39 is 23.1 Å². The molecule has 1 amide bonds. The van der Waals surface area contributed by atoms with E-state index >= 15 is 0 Å². The quantitative estimate of drug-likeness (QED) is 0.825. The molecule has 1 heterocycles. The standard InChI is InChI=1S/C11H8ClF2N3O/c1-5-2-10(17-16-5)15-11(18)6-3-9(14)7(12)4-8(6)13/h2-4H,1H3,(H2,15,16,17,18). The number of aromatic nitrogens is 2. The second-order valence-electron chi connectivity index (χ2n) is 3.64. The third kappa shape index (κ3) is 2.48. The molecule has 1 aromatic heterocycles. The molecule has 0 saturated carbocycles. The number of H-pyrrole nitrogens is 1. The smallest absolute Gasteiger partial charge is 0.259 e. The van der Waals surface area contributed by atoms with Gasteiger partial charge in [0.25, 0.3) is 5.91 Å². The summed E-state index contributed by atoms with van der Waals surface area (Å²) in [7, 11) is 0. The Hall–Kier alpha value is -1.95. The maximum atomic E-state index is 13.4. The second kappa shape index (κ2) is 4.73. The number of nitrogens with zero attached hydrogens (tertiary/aromatic N) is 1. The Bertz CT molecular complexity index is 612. The van der Waals surface area contributed by atoms with Gasteiger partial charge in [0.05, 0.1) is 10.6 Å². The van der Waals surface area contributed by atoms with Crippen LogP contribution in [0.4, 0.5) is 14.6 Å². The molecule has 0 saturated heterocycles. The molecule has 7 heteroatoms. The summed E-state index contributed by atoms with van der Waals surface area (Å²) in [6.07, 6.45) is 0. The summed E-state index contributed by atoms with van der Waals surface area (Å²) < 4.78 is 26.6. The molecule has 0 atom stereocenters. The van der Waals surface area contributed by atoms with Crippen LogP contribution in [0.15, 0.2) is 18.2 Å². The van der Waals surface area contributed by atoms with Crippen molar-refractivity contribution in [3.05, 3.63) is 46.1 Å². The number of amides is 1. The molecule has 1 aromatic carbocycles. The van der Waals surface area contributed by atoms with E-state index in [1.807, 2.05) is 0 Å². The number of nitrogens with one attached hydrogen (secondary N) is 2. The van der Waals surface area contributed by atoms with Crippen LogP contribution in [0.3, 0.4) is 0 Å². The van der Waals surface area contributed by atoms with Crippen molar-refractivity contribution in [2.24, 2.45) is 0 Å². The van der Waals surface area contributed by atoms with Gasteiger partial charge < -0.3 is 5.32 Å². The van der Waals surface area contributed by atoms with Crippen molar-refractivity contribution in [3.63, 3.8) is 0 Å². The lowest BCUT2D eigenvalue weighted by Crippen LogP contribution is -2.14. The Morgan fingerprint density at radius 3 is 2.67 bits per heavy atom. The lowest BCUT2D eigenvalue weighted by atomic mass is 10.2.